The topological polar surface area (TPSA) is 97.7 Å². The van der Waals surface area contributed by atoms with E-state index < -0.39 is 28.5 Å². The van der Waals surface area contributed by atoms with Crippen LogP contribution in [-0.2, 0) is 19.6 Å². The van der Waals surface area contributed by atoms with Gasteiger partial charge in [0.2, 0.25) is 10.0 Å². The van der Waals surface area contributed by atoms with Crippen molar-refractivity contribution in [2.24, 2.45) is 0 Å². The van der Waals surface area contributed by atoms with Gasteiger partial charge in [-0.15, -0.1) is 0 Å². The van der Waals surface area contributed by atoms with E-state index in [2.05, 4.69) is 5.32 Å². The summed E-state index contributed by atoms with van der Waals surface area (Å²) < 4.78 is 33.9. The lowest BCUT2D eigenvalue weighted by Crippen LogP contribution is -2.30. The molecule has 9 heteroatoms. The molecular formula is C25H29N3O5S. The number of ether oxygens (including phenoxy) is 1. The van der Waals surface area contributed by atoms with E-state index in [-0.39, 0.29) is 4.90 Å². The molecule has 0 aliphatic rings. The number of nitrogens with zero attached hydrogens (tertiary/aromatic N) is 2. The minimum Gasteiger partial charge on any atom is -0.452 e. The summed E-state index contributed by atoms with van der Waals surface area (Å²) in [5.41, 5.74) is 3.18. The van der Waals surface area contributed by atoms with Crippen molar-refractivity contribution in [2.75, 3.05) is 25.0 Å². The van der Waals surface area contributed by atoms with E-state index in [1.807, 2.05) is 48.7 Å². The second kappa shape index (κ2) is 10.7. The number of aryl methyl sites for hydroxylation is 1. The van der Waals surface area contributed by atoms with Gasteiger partial charge in [0.15, 0.2) is 6.61 Å². The summed E-state index contributed by atoms with van der Waals surface area (Å²) in [5, 5.41) is 2.59. The van der Waals surface area contributed by atoms with E-state index in [0.29, 0.717) is 30.0 Å². The molecule has 0 aliphatic heterocycles. The lowest BCUT2D eigenvalue weighted by molar-refractivity contribution is -0.119. The van der Waals surface area contributed by atoms with Gasteiger partial charge in [0.05, 0.1) is 10.5 Å². The monoisotopic (exact) mass is 483 g/mol. The van der Waals surface area contributed by atoms with Crippen molar-refractivity contribution in [3.05, 3.63) is 77.6 Å². The maximum absolute atomic E-state index is 12.7. The minimum absolute atomic E-state index is 0.0827. The maximum atomic E-state index is 12.7. The van der Waals surface area contributed by atoms with Gasteiger partial charge in [-0.3, -0.25) is 4.79 Å². The van der Waals surface area contributed by atoms with Crippen molar-refractivity contribution in [3.63, 3.8) is 0 Å². The molecule has 0 spiro atoms. The number of hydrogen-bond donors (Lipinski definition) is 1. The first-order chi connectivity index (χ1) is 16.2. The van der Waals surface area contributed by atoms with Crippen LogP contribution in [0.5, 0.6) is 0 Å². The van der Waals surface area contributed by atoms with Crippen molar-refractivity contribution in [2.45, 2.75) is 32.6 Å². The third kappa shape index (κ3) is 5.37. The first-order valence-corrected chi connectivity index (χ1v) is 12.4. The van der Waals surface area contributed by atoms with Crippen LogP contribution in [0.1, 0.15) is 35.6 Å². The van der Waals surface area contributed by atoms with Crippen LogP contribution < -0.4 is 5.32 Å². The van der Waals surface area contributed by atoms with Crippen LogP contribution in [0.3, 0.4) is 0 Å². The number of hydrogen-bond acceptors (Lipinski definition) is 5. The Morgan fingerprint density at radius 3 is 2.29 bits per heavy atom. The zero-order valence-electron chi connectivity index (χ0n) is 19.7. The molecule has 34 heavy (non-hydrogen) atoms. The molecule has 180 valence electrons. The van der Waals surface area contributed by atoms with E-state index in [4.69, 9.17) is 4.74 Å². The Hall–Kier alpha value is -3.43. The molecule has 0 fully saturated rings. The Morgan fingerprint density at radius 2 is 1.65 bits per heavy atom. The highest BCUT2D eigenvalue weighted by Gasteiger charge is 2.22. The van der Waals surface area contributed by atoms with Gasteiger partial charge in [-0.2, -0.15) is 4.31 Å². The molecule has 0 saturated heterocycles. The van der Waals surface area contributed by atoms with Crippen molar-refractivity contribution in [3.8, 4) is 5.69 Å². The third-order valence-electron chi connectivity index (χ3n) is 5.46. The molecule has 1 aromatic heterocycles. The number of aromatic nitrogens is 1. The summed E-state index contributed by atoms with van der Waals surface area (Å²) in [6.07, 6.45) is 0. The van der Waals surface area contributed by atoms with E-state index in [1.54, 1.807) is 32.0 Å². The molecule has 0 unspecified atom stereocenters. The molecule has 0 bridgehead atoms. The second-order valence-corrected chi connectivity index (χ2v) is 9.64. The van der Waals surface area contributed by atoms with Crippen LogP contribution in [0.2, 0.25) is 0 Å². The molecular weight excluding hydrogens is 454 g/mol. The fourth-order valence-corrected chi connectivity index (χ4v) is 5.30. The Balaban J connectivity index is 1.67. The Kier molecular flexibility index (Phi) is 7.90. The average molecular weight is 484 g/mol. The maximum Gasteiger partial charge on any atom is 0.340 e. The molecule has 0 aliphatic carbocycles. The highest BCUT2D eigenvalue weighted by molar-refractivity contribution is 7.89. The lowest BCUT2D eigenvalue weighted by atomic mass is 10.2. The molecule has 0 radical (unpaired) electrons. The standard InChI is InChI=1S/C25H29N3O5S/c1-5-27(6-2)34(31,32)22-14-10-11-20(16-22)26-24(29)17-33-25(30)23-15-18(3)28(19(23)4)21-12-8-7-9-13-21/h7-16H,5-6,17H2,1-4H3,(H,26,29). The highest BCUT2D eigenvalue weighted by atomic mass is 32.2. The van der Waals surface area contributed by atoms with Crippen molar-refractivity contribution in [1.82, 2.24) is 8.87 Å². The molecule has 8 nitrogen and oxygen atoms in total. The number of anilines is 1. The highest BCUT2D eigenvalue weighted by Crippen LogP contribution is 2.22. The van der Waals surface area contributed by atoms with Crippen molar-refractivity contribution < 1.29 is 22.7 Å². The van der Waals surface area contributed by atoms with Crippen molar-refractivity contribution in [1.29, 1.82) is 0 Å². The Labute approximate surface area is 200 Å². The number of benzene rings is 2. The van der Waals surface area contributed by atoms with Gasteiger partial charge in [-0.25, -0.2) is 13.2 Å². The summed E-state index contributed by atoms with van der Waals surface area (Å²) in [5.74, 6) is -1.18. The molecule has 3 aromatic rings. The van der Waals surface area contributed by atoms with E-state index in [1.165, 1.54) is 16.4 Å². The number of nitrogens with one attached hydrogen (secondary N) is 1. The van der Waals surface area contributed by atoms with Gasteiger partial charge in [0.25, 0.3) is 5.91 Å². The summed E-state index contributed by atoms with van der Waals surface area (Å²) in [4.78, 5) is 25.1. The predicted octanol–water partition coefficient (Wildman–Crippen LogP) is 3.92. The largest absolute Gasteiger partial charge is 0.452 e. The number of amides is 1. The third-order valence-corrected chi connectivity index (χ3v) is 7.51. The minimum atomic E-state index is -3.66. The van der Waals surface area contributed by atoms with Gasteiger partial charge in [0.1, 0.15) is 0 Å². The van der Waals surface area contributed by atoms with E-state index in [9.17, 15) is 18.0 Å². The number of para-hydroxylation sites is 1. The van der Waals surface area contributed by atoms with Gasteiger partial charge >= 0.3 is 5.97 Å². The quantitative estimate of drug-likeness (QED) is 0.465. The van der Waals surface area contributed by atoms with Crippen LogP contribution in [0, 0.1) is 13.8 Å². The van der Waals surface area contributed by atoms with E-state index in [0.717, 1.165) is 11.4 Å². The Morgan fingerprint density at radius 1 is 0.971 bits per heavy atom. The summed E-state index contributed by atoms with van der Waals surface area (Å²) in [6.45, 7) is 7.42. The lowest BCUT2D eigenvalue weighted by Gasteiger charge is -2.18. The van der Waals surface area contributed by atoms with Gasteiger partial charge < -0.3 is 14.6 Å². The molecule has 1 N–H and O–H groups in total. The normalized spacial score (nSPS) is 11.4. The number of rotatable bonds is 9. The molecule has 0 atom stereocenters. The second-order valence-electron chi connectivity index (χ2n) is 7.70. The zero-order chi connectivity index (χ0) is 24.9. The molecule has 0 saturated carbocycles. The van der Waals surface area contributed by atoms with Gasteiger partial charge in [-0.1, -0.05) is 38.1 Å². The van der Waals surface area contributed by atoms with Crippen LogP contribution in [0.25, 0.3) is 5.69 Å². The zero-order valence-corrected chi connectivity index (χ0v) is 20.6. The summed E-state index contributed by atoms with van der Waals surface area (Å²) >= 11 is 0. The number of esters is 1. The van der Waals surface area contributed by atoms with Crippen LogP contribution in [0.15, 0.2) is 65.6 Å². The fraction of sp³-hybridized carbons (Fsp3) is 0.280. The average Bonchev–Trinajstić information content (AvgIpc) is 3.12. The first kappa shape index (κ1) is 25.2. The predicted molar refractivity (Wildman–Crippen MR) is 131 cm³/mol. The smallest absolute Gasteiger partial charge is 0.340 e. The summed E-state index contributed by atoms with van der Waals surface area (Å²) in [7, 11) is -3.66. The van der Waals surface area contributed by atoms with Gasteiger partial charge in [0, 0.05) is 35.9 Å². The molecule has 2 aromatic carbocycles. The van der Waals surface area contributed by atoms with Crippen molar-refractivity contribution >= 4 is 27.6 Å². The SMILES string of the molecule is CCN(CC)S(=O)(=O)c1cccc(NC(=O)COC(=O)c2cc(C)n(-c3ccccc3)c2C)c1. The molecule has 1 amide bonds. The molecule has 1 heterocycles. The van der Waals surface area contributed by atoms with Crippen LogP contribution in [-0.4, -0.2) is 48.9 Å². The summed E-state index contributed by atoms with van der Waals surface area (Å²) in [6, 6.07) is 17.4. The first-order valence-electron chi connectivity index (χ1n) is 11.0. The molecule has 3 rings (SSSR count). The number of sulfonamides is 1. The van der Waals surface area contributed by atoms with Crippen LogP contribution >= 0.6 is 0 Å². The number of carbonyl (C=O) groups is 2. The Bertz CT molecular complexity index is 1280. The fourth-order valence-electron chi connectivity index (χ4n) is 3.80. The number of carbonyl (C=O) groups excluding carboxylic acids is 2. The van der Waals surface area contributed by atoms with E-state index >= 15 is 0 Å². The van der Waals surface area contributed by atoms with Gasteiger partial charge in [-0.05, 0) is 50.2 Å². The van der Waals surface area contributed by atoms with Crippen LogP contribution in [0.4, 0.5) is 5.69 Å².